The highest BCUT2D eigenvalue weighted by molar-refractivity contribution is 5.87. The highest BCUT2D eigenvalue weighted by Gasteiger charge is 2.24. The summed E-state index contributed by atoms with van der Waals surface area (Å²) in [6.07, 6.45) is 17.1. The van der Waals surface area contributed by atoms with E-state index in [0.29, 0.717) is 5.57 Å². The second-order valence-corrected chi connectivity index (χ2v) is 7.10. The Kier molecular flexibility index (Phi) is 10.3. The minimum Gasteiger partial charge on any atom is -0.459 e. The lowest BCUT2D eigenvalue weighted by atomic mass is 9.83. The van der Waals surface area contributed by atoms with Crippen LogP contribution in [0, 0.1) is 5.92 Å². The molecular weight excluding hydrogens is 272 g/mol. The van der Waals surface area contributed by atoms with Gasteiger partial charge in [-0.25, -0.2) is 4.79 Å². The second-order valence-electron chi connectivity index (χ2n) is 7.10. The van der Waals surface area contributed by atoms with E-state index in [1.807, 2.05) is 0 Å². The van der Waals surface area contributed by atoms with E-state index in [2.05, 4.69) is 13.5 Å². The largest absolute Gasteiger partial charge is 0.459 e. The molecule has 0 N–H and O–H groups in total. The van der Waals surface area contributed by atoms with Crippen molar-refractivity contribution in [3.63, 3.8) is 0 Å². The molecule has 0 aromatic heterocycles. The van der Waals surface area contributed by atoms with Gasteiger partial charge in [0.2, 0.25) is 0 Å². The molecule has 0 aromatic rings. The number of carbonyl (C=O) groups is 1. The zero-order valence-electron chi connectivity index (χ0n) is 14.9. The third kappa shape index (κ3) is 8.60. The molecule has 2 heteroatoms. The summed E-state index contributed by atoms with van der Waals surface area (Å²) >= 11 is 0. The molecule has 1 aliphatic carbocycles. The van der Waals surface area contributed by atoms with Crippen LogP contribution in [0.5, 0.6) is 0 Å². The number of rotatable bonds is 11. The van der Waals surface area contributed by atoms with Gasteiger partial charge in [-0.05, 0) is 32.1 Å². The molecule has 0 spiro atoms. The molecule has 0 aliphatic heterocycles. The van der Waals surface area contributed by atoms with Crippen molar-refractivity contribution >= 4 is 5.97 Å². The van der Waals surface area contributed by atoms with Gasteiger partial charge in [0, 0.05) is 5.57 Å². The van der Waals surface area contributed by atoms with Gasteiger partial charge in [-0.3, -0.25) is 0 Å². The Labute approximate surface area is 137 Å². The van der Waals surface area contributed by atoms with Crippen LogP contribution in [0.25, 0.3) is 0 Å². The zero-order chi connectivity index (χ0) is 16.2. The minimum atomic E-state index is -0.210. The van der Waals surface area contributed by atoms with E-state index in [0.717, 1.165) is 18.8 Å². The first kappa shape index (κ1) is 19.3. The number of esters is 1. The lowest BCUT2D eigenvalue weighted by Gasteiger charge is -2.29. The fourth-order valence-corrected chi connectivity index (χ4v) is 3.43. The second kappa shape index (κ2) is 11.7. The van der Waals surface area contributed by atoms with E-state index in [1.54, 1.807) is 6.92 Å². The third-order valence-corrected chi connectivity index (χ3v) is 4.82. The Hall–Kier alpha value is -0.790. The van der Waals surface area contributed by atoms with Gasteiger partial charge in [0.1, 0.15) is 6.10 Å². The first-order valence-corrected chi connectivity index (χ1v) is 9.50. The van der Waals surface area contributed by atoms with E-state index in [1.165, 1.54) is 70.6 Å². The monoisotopic (exact) mass is 308 g/mol. The summed E-state index contributed by atoms with van der Waals surface area (Å²) in [6.45, 7) is 7.66. The van der Waals surface area contributed by atoms with Crippen LogP contribution in [-0.4, -0.2) is 12.1 Å². The molecule has 0 radical (unpaired) electrons. The van der Waals surface area contributed by atoms with Crippen LogP contribution in [0.2, 0.25) is 0 Å². The lowest BCUT2D eigenvalue weighted by Crippen LogP contribution is -2.25. The molecule has 2 unspecified atom stereocenters. The van der Waals surface area contributed by atoms with E-state index in [-0.39, 0.29) is 12.1 Å². The van der Waals surface area contributed by atoms with Gasteiger partial charge in [-0.1, -0.05) is 77.7 Å². The van der Waals surface area contributed by atoms with Crippen molar-refractivity contribution in [2.45, 2.75) is 103 Å². The normalized spacial score (nSPS) is 21.5. The number of carbonyl (C=O) groups excluding carboxylic acids is 1. The molecule has 0 aromatic carbocycles. The lowest BCUT2D eigenvalue weighted by molar-refractivity contribution is -0.146. The van der Waals surface area contributed by atoms with Crippen LogP contribution in [0.4, 0.5) is 0 Å². The Morgan fingerprint density at radius 3 is 2.32 bits per heavy atom. The Balaban J connectivity index is 2.05. The molecule has 1 fully saturated rings. The molecule has 128 valence electrons. The summed E-state index contributed by atoms with van der Waals surface area (Å²) in [5.41, 5.74) is 0.519. The summed E-state index contributed by atoms with van der Waals surface area (Å²) < 4.78 is 5.53. The Morgan fingerprint density at radius 1 is 1.05 bits per heavy atom. The maximum Gasteiger partial charge on any atom is 0.333 e. The van der Waals surface area contributed by atoms with Crippen molar-refractivity contribution in [1.29, 1.82) is 0 Å². The molecule has 1 saturated carbocycles. The van der Waals surface area contributed by atoms with Crippen molar-refractivity contribution in [3.05, 3.63) is 12.2 Å². The molecule has 1 rings (SSSR count). The number of ether oxygens (including phenoxy) is 1. The van der Waals surface area contributed by atoms with E-state index >= 15 is 0 Å². The average Bonchev–Trinajstić information content (AvgIpc) is 2.50. The summed E-state index contributed by atoms with van der Waals surface area (Å²) in [4.78, 5) is 11.6. The Morgan fingerprint density at radius 2 is 1.68 bits per heavy atom. The number of unbranched alkanes of at least 4 members (excludes halogenated alkanes) is 7. The maximum atomic E-state index is 11.6. The first-order valence-electron chi connectivity index (χ1n) is 9.50. The SMILES string of the molecule is C=C(C)C(=O)OC1CCCC(CCCCCCCCCC)C1. The molecule has 2 nitrogen and oxygen atoms in total. The van der Waals surface area contributed by atoms with Gasteiger partial charge >= 0.3 is 5.97 Å². The first-order chi connectivity index (χ1) is 10.6. The predicted molar refractivity (Wildman–Crippen MR) is 93.9 cm³/mol. The molecule has 0 heterocycles. The fourth-order valence-electron chi connectivity index (χ4n) is 3.43. The van der Waals surface area contributed by atoms with Crippen molar-refractivity contribution in [1.82, 2.24) is 0 Å². The molecule has 0 bridgehead atoms. The van der Waals surface area contributed by atoms with Crippen molar-refractivity contribution in [3.8, 4) is 0 Å². The molecule has 0 saturated heterocycles. The average molecular weight is 309 g/mol. The van der Waals surface area contributed by atoms with Crippen LogP contribution in [0.3, 0.4) is 0 Å². The standard InChI is InChI=1S/C20H36O2/c1-4-5-6-7-8-9-10-11-13-18-14-12-15-19(16-18)22-20(21)17(2)3/h18-19H,2,4-16H2,1,3H3. The molecular formula is C20H36O2. The van der Waals surface area contributed by atoms with Crippen LogP contribution in [0.1, 0.15) is 97.3 Å². The Bertz CT molecular complexity index is 322. The van der Waals surface area contributed by atoms with Crippen molar-refractivity contribution in [2.75, 3.05) is 0 Å². The minimum absolute atomic E-state index is 0.136. The maximum absolute atomic E-state index is 11.6. The fraction of sp³-hybridized carbons (Fsp3) is 0.850. The molecule has 0 amide bonds. The van der Waals surface area contributed by atoms with Gasteiger partial charge in [-0.2, -0.15) is 0 Å². The summed E-state index contributed by atoms with van der Waals surface area (Å²) in [5.74, 6) is 0.550. The smallest absolute Gasteiger partial charge is 0.333 e. The molecule has 1 aliphatic rings. The third-order valence-electron chi connectivity index (χ3n) is 4.82. The topological polar surface area (TPSA) is 26.3 Å². The summed E-state index contributed by atoms with van der Waals surface area (Å²) in [7, 11) is 0. The number of hydrogen-bond donors (Lipinski definition) is 0. The quantitative estimate of drug-likeness (QED) is 0.258. The van der Waals surface area contributed by atoms with Crippen LogP contribution >= 0.6 is 0 Å². The van der Waals surface area contributed by atoms with E-state index in [9.17, 15) is 4.79 Å². The van der Waals surface area contributed by atoms with Crippen molar-refractivity contribution in [2.24, 2.45) is 5.92 Å². The van der Waals surface area contributed by atoms with Crippen LogP contribution in [0.15, 0.2) is 12.2 Å². The molecule has 2 atom stereocenters. The van der Waals surface area contributed by atoms with Crippen LogP contribution < -0.4 is 0 Å². The van der Waals surface area contributed by atoms with Crippen molar-refractivity contribution < 1.29 is 9.53 Å². The summed E-state index contributed by atoms with van der Waals surface area (Å²) in [5, 5.41) is 0. The van der Waals surface area contributed by atoms with Crippen LogP contribution in [-0.2, 0) is 9.53 Å². The number of hydrogen-bond acceptors (Lipinski definition) is 2. The van der Waals surface area contributed by atoms with E-state index < -0.39 is 0 Å². The van der Waals surface area contributed by atoms with Gasteiger partial charge in [0.15, 0.2) is 0 Å². The van der Waals surface area contributed by atoms with Gasteiger partial charge in [-0.15, -0.1) is 0 Å². The van der Waals surface area contributed by atoms with Gasteiger partial charge in [0.05, 0.1) is 0 Å². The van der Waals surface area contributed by atoms with Gasteiger partial charge in [0.25, 0.3) is 0 Å². The predicted octanol–water partition coefficient (Wildman–Crippen LogP) is 6.20. The van der Waals surface area contributed by atoms with Gasteiger partial charge < -0.3 is 4.74 Å². The highest BCUT2D eigenvalue weighted by Crippen LogP contribution is 2.30. The highest BCUT2D eigenvalue weighted by atomic mass is 16.5. The molecule has 22 heavy (non-hydrogen) atoms. The summed E-state index contributed by atoms with van der Waals surface area (Å²) in [6, 6.07) is 0. The van der Waals surface area contributed by atoms with E-state index in [4.69, 9.17) is 4.74 Å². The zero-order valence-corrected chi connectivity index (χ0v) is 14.9.